The van der Waals surface area contributed by atoms with Gasteiger partial charge in [0.25, 0.3) is 0 Å². The fourth-order valence-corrected chi connectivity index (χ4v) is 10.2. The molecule has 5 heteroatoms. The van der Waals surface area contributed by atoms with Crippen molar-refractivity contribution in [2.75, 3.05) is 7.11 Å². The van der Waals surface area contributed by atoms with Gasteiger partial charge in [0, 0.05) is 16.7 Å². The number of methoxy groups -OCH3 is 1. The Balaban J connectivity index is 1.67. The van der Waals surface area contributed by atoms with Crippen molar-refractivity contribution in [3.63, 3.8) is 0 Å². The van der Waals surface area contributed by atoms with Gasteiger partial charge in [0.1, 0.15) is 6.07 Å². The molecule has 5 rings (SSSR count). The van der Waals surface area contributed by atoms with Gasteiger partial charge in [-0.05, 0) is 86.0 Å². The maximum Gasteiger partial charge on any atom is 0.311 e. The molecular weight excluding hydrogens is 462 g/mol. The van der Waals surface area contributed by atoms with Crippen molar-refractivity contribution < 1.29 is 19.1 Å². The average Bonchev–Trinajstić information content (AvgIpc) is 2.83. The first-order valence-electron chi connectivity index (χ1n) is 14.1. The summed E-state index contributed by atoms with van der Waals surface area (Å²) in [6, 6.07) is 2.18. The van der Waals surface area contributed by atoms with Gasteiger partial charge in [-0.25, -0.2) is 0 Å². The van der Waals surface area contributed by atoms with Gasteiger partial charge in [-0.1, -0.05) is 53.2 Å². The van der Waals surface area contributed by atoms with Crippen molar-refractivity contribution in [2.24, 2.45) is 50.2 Å². The molecule has 200 valence electrons. The van der Waals surface area contributed by atoms with Crippen LogP contribution in [0.4, 0.5) is 0 Å². The Bertz CT molecular complexity index is 1200. The number of hydrogen-bond donors (Lipinski definition) is 0. The number of fused-ring (bicyclic) bond motifs is 7. The van der Waals surface area contributed by atoms with Crippen LogP contribution >= 0.6 is 0 Å². The first-order valence-corrected chi connectivity index (χ1v) is 14.1. The Morgan fingerprint density at radius 1 is 1.00 bits per heavy atom. The van der Waals surface area contributed by atoms with Crippen LogP contribution in [0, 0.1) is 61.6 Å². The summed E-state index contributed by atoms with van der Waals surface area (Å²) in [4.78, 5) is 40.4. The highest BCUT2D eigenvalue weighted by molar-refractivity contribution is 6.04. The van der Waals surface area contributed by atoms with E-state index in [2.05, 4.69) is 33.8 Å². The Morgan fingerprint density at radius 3 is 2.27 bits per heavy atom. The van der Waals surface area contributed by atoms with Crippen LogP contribution in [-0.4, -0.2) is 24.6 Å². The van der Waals surface area contributed by atoms with Crippen LogP contribution in [0.2, 0.25) is 0 Å². The van der Waals surface area contributed by atoms with Crippen LogP contribution < -0.4 is 0 Å². The lowest BCUT2D eigenvalue weighted by molar-refractivity contribution is -0.179. The summed E-state index contributed by atoms with van der Waals surface area (Å²) in [7, 11) is 1.47. The molecule has 0 aliphatic heterocycles. The summed E-state index contributed by atoms with van der Waals surface area (Å²) < 4.78 is 5.22. The molecule has 0 bridgehead atoms. The third kappa shape index (κ3) is 3.11. The molecule has 5 aliphatic rings. The Morgan fingerprint density at radius 2 is 1.65 bits per heavy atom. The van der Waals surface area contributed by atoms with Gasteiger partial charge < -0.3 is 4.74 Å². The van der Waals surface area contributed by atoms with Crippen molar-refractivity contribution in [3.05, 3.63) is 23.3 Å². The minimum Gasteiger partial charge on any atom is -0.469 e. The minimum absolute atomic E-state index is 0.0311. The van der Waals surface area contributed by atoms with Gasteiger partial charge in [-0.3, -0.25) is 14.4 Å². The second-order valence-corrected chi connectivity index (χ2v) is 14.8. The molecule has 0 N–H and O–H groups in total. The number of hydrogen-bond acceptors (Lipinski definition) is 5. The van der Waals surface area contributed by atoms with Gasteiger partial charge in [-0.2, -0.15) is 5.26 Å². The lowest BCUT2D eigenvalue weighted by Gasteiger charge is -2.69. The van der Waals surface area contributed by atoms with Crippen LogP contribution in [0.15, 0.2) is 23.3 Å². The summed E-state index contributed by atoms with van der Waals surface area (Å²) >= 11 is 0. The van der Waals surface area contributed by atoms with Crippen LogP contribution in [-0.2, 0) is 19.1 Å². The number of rotatable bonds is 1. The van der Waals surface area contributed by atoms with Crippen molar-refractivity contribution in [1.29, 1.82) is 5.26 Å². The molecule has 5 nitrogen and oxygen atoms in total. The predicted octanol–water partition coefficient (Wildman–Crippen LogP) is 6.38. The highest BCUT2D eigenvalue weighted by Crippen LogP contribution is 2.74. The largest absolute Gasteiger partial charge is 0.469 e. The van der Waals surface area contributed by atoms with Crippen LogP contribution in [0.25, 0.3) is 0 Å². The first-order chi connectivity index (χ1) is 17.0. The Kier molecular flexibility index (Phi) is 5.47. The molecule has 0 radical (unpaired) electrons. The lowest BCUT2D eigenvalue weighted by atomic mass is 9.34. The van der Waals surface area contributed by atoms with Crippen LogP contribution in [0.5, 0.6) is 0 Å². The zero-order chi connectivity index (χ0) is 27.4. The smallest absolute Gasteiger partial charge is 0.311 e. The number of nitriles is 1. The van der Waals surface area contributed by atoms with Gasteiger partial charge in [0.2, 0.25) is 0 Å². The topological polar surface area (TPSA) is 84.2 Å². The number of esters is 1. The monoisotopic (exact) mass is 505 g/mol. The van der Waals surface area contributed by atoms with Crippen LogP contribution in [0.3, 0.4) is 0 Å². The fraction of sp³-hybridized carbons (Fsp3) is 0.750. The molecule has 3 saturated carbocycles. The maximum absolute atomic E-state index is 14.3. The molecular formula is C32H43NO4. The Labute approximate surface area is 222 Å². The second-order valence-electron chi connectivity index (χ2n) is 14.8. The number of allylic oxidation sites excluding steroid dienone is 4. The summed E-state index contributed by atoms with van der Waals surface area (Å²) in [5.74, 6) is -0.0607. The van der Waals surface area contributed by atoms with Crippen molar-refractivity contribution in [1.82, 2.24) is 0 Å². The molecule has 3 fully saturated rings. The third-order valence-corrected chi connectivity index (χ3v) is 12.7. The molecule has 0 aromatic carbocycles. The molecule has 0 heterocycles. The summed E-state index contributed by atoms with van der Waals surface area (Å²) in [6.45, 7) is 15.1. The fourth-order valence-electron chi connectivity index (χ4n) is 10.2. The third-order valence-electron chi connectivity index (χ3n) is 12.7. The van der Waals surface area contributed by atoms with Gasteiger partial charge >= 0.3 is 5.97 Å². The van der Waals surface area contributed by atoms with E-state index in [9.17, 15) is 19.6 Å². The van der Waals surface area contributed by atoms with Gasteiger partial charge in [0.15, 0.2) is 11.6 Å². The quantitative estimate of drug-likeness (QED) is 0.386. The summed E-state index contributed by atoms with van der Waals surface area (Å²) in [5.41, 5.74) is -0.860. The molecule has 0 aromatic rings. The van der Waals surface area contributed by atoms with Crippen LogP contribution in [0.1, 0.15) is 93.4 Å². The van der Waals surface area contributed by atoms with Crippen molar-refractivity contribution >= 4 is 17.5 Å². The van der Waals surface area contributed by atoms with E-state index in [1.165, 1.54) is 7.11 Å². The van der Waals surface area contributed by atoms with Gasteiger partial charge in [0.05, 0.1) is 18.1 Å². The molecule has 0 spiro atoms. The molecule has 8 atom stereocenters. The second kappa shape index (κ2) is 7.67. The number of ketones is 2. The van der Waals surface area contributed by atoms with Crippen molar-refractivity contribution in [2.45, 2.75) is 93.4 Å². The zero-order valence-corrected chi connectivity index (χ0v) is 23.9. The SMILES string of the molecule is COC(=O)[C@@]1(C)CC[C@]2(C)CC[C@]3(C)C(C(=O)C=C4[C@@]5(C)C=C(C#N)C(=O)C(C)(C)C5CC[C@]43C)C2C1. The number of ether oxygens (including phenoxy) is 1. The molecule has 3 unspecified atom stereocenters. The predicted molar refractivity (Wildman–Crippen MR) is 141 cm³/mol. The highest BCUT2D eigenvalue weighted by Gasteiger charge is 2.69. The summed E-state index contributed by atoms with van der Waals surface area (Å²) in [6.07, 6.45) is 10.0. The average molecular weight is 506 g/mol. The molecule has 0 amide bonds. The molecule has 0 saturated heterocycles. The molecule has 5 aliphatic carbocycles. The highest BCUT2D eigenvalue weighted by atomic mass is 16.5. The van der Waals surface area contributed by atoms with E-state index in [-0.39, 0.29) is 57.1 Å². The standard InChI is InChI=1S/C32H43NO4/c1-27(2)22-9-10-31(6)23(30(22,5)16-19(18-33)25(27)35)15-21(34)24-20-17-29(4,26(36)37-8)12-11-28(20,3)13-14-32(24,31)7/h15-16,20,22,24H,9-14,17H2,1-8H3/t20?,22?,24?,28-,29+,30+,31-,32-/m1/s1. The Hall–Kier alpha value is -2.22. The number of Topliss-reactive ketones (excluding diaryl/α,β-unsaturated/α-hetero) is 1. The normalized spacial score (nSPS) is 48.2. The number of carbonyl (C=O) groups is 3. The van der Waals surface area contributed by atoms with E-state index in [4.69, 9.17) is 4.74 Å². The number of carbonyl (C=O) groups excluding carboxylic acids is 3. The van der Waals surface area contributed by atoms with Gasteiger partial charge in [-0.15, -0.1) is 0 Å². The van der Waals surface area contributed by atoms with E-state index < -0.39 is 16.2 Å². The van der Waals surface area contributed by atoms with Crippen molar-refractivity contribution in [3.8, 4) is 6.07 Å². The molecule has 0 aromatic heterocycles. The maximum atomic E-state index is 14.3. The van der Waals surface area contributed by atoms with E-state index in [0.717, 1.165) is 44.1 Å². The molecule has 37 heavy (non-hydrogen) atoms. The van der Waals surface area contributed by atoms with E-state index >= 15 is 0 Å². The lowest BCUT2D eigenvalue weighted by Crippen LogP contribution is -2.64. The minimum atomic E-state index is -0.658. The van der Waals surface area contributed by atoms with E-state index in [0.29, 0.717) is 6.42 Å². The zero-order valence-electron chi connectivity index (χ0n) is 23.9. The van der Waals surface area contributed by atoms with E-state index in [1.54, 1.807) is 0 Å². The number of nitrogens with zero attached hydrogens (tertiary/aromatic N) is 1. The summed E-state index contributed by atoms with van der Waals surface area (Å²) in [5, 5.41) is 9.86. The van der Waals surface area contributed by atoms with E-state index in [1.807, 2.05) is 32.9 Å². The first kappa shape index (κ1) is 26.4.